The number of fused-ring (bicyclic) bond motifs is 7. The summed E-state index contributed by atoms with van der Waals surface area (Å²) in [6.45, 7) is 5.88. The topological polar surface area (TPSA) is 9.23 Å². The van der Waals surface area contributed by atoms with Crippen molar-refractivity contribution in [3.63, 3.8) is 0 Å². The molecule has 0 aromatic rings. The summed E-state index contributed by atoms with van der Waals surface area (Å²) in [6.07, 6.45) is 33.3. The predicted octanol–water partition coefficient (Wildman–Crippen LogP) is 10.6. The van der Waals surface area contributed by atoms with Crippen LogP contribution in [0.3, 0.4) is 0 Å². The summed E-state index contributed by atoms with van der Waals surface area (Å²) >= 11 is 0. The maximum absolute atomic E-state index is 7.27. The van der Waals surface area contributed by atoms with Crippen LogP contribution < -0.4 is 0 Å². The van der Waals surface area contributed by atoms with E-state index < -0.39 is 0 Å². The molecule has 0 radical (unpaired) electrons. The fourth-order valence-electron chi connectivity index (χ4n) is 10.8. The molecule has 0 bridgehead atoms. The Morgan fingerprint density at radius 3 is 1.97 bits per heavy atom. The first-order valence-electron chi connectivity index (χ1n) is 17.4. The van der Waals surface area contributed by atoms with Crippen molar-refractivity contribution in [1.82, 2.24) is 0 Å². The first kappa shape index (κ1) is 27.5. The maximum atomic E-state index is 7.27. The van der Waals surface area contributed by atoms with Gasteiger partial charge in [-0.25, -0.2) is 0 Å². The van der Waals surface area contributed by atoms with Crippen molar-refractivity contribution in [1.29, 1.82) is 0 Å². The first-order chi connectivity index (χ1) is 17.8. The van der Waals surface area contributed by atoms with Crippen LogP contribution in [0, 0.1) is 53.3 Å². The highest BCUT2D eigenvalue weighted by atomic mass is 16.5. The van der Waals surface area contributed by atoms with Gasteiger partial charge in [-0.2, -0.15) is 0 Å². The van der Waals surface area contributed by atoms with Gasteiger partial charge in [-0.15, -0.1) is 0 Å². The lowest BCUT2D eigenvalue weighted by Gasteiger charge is -2.56. The monoisotopic (exact) mass is 498 g/mol. The molecule has 1 saturated heterocycles. The minimum atomic E-state index is 0.598. The third-order valence-electron chi connectivity index (χ3n) is 12.5. The Morgan fingerprint density at radius 1 is 0.556 bits per heavy atom. The van der Waals surface area contributed by atoms with Gasteiger partial charge < -0.3 is 4.74 Å². The van der Waals surface area contributed by atoms with Crippen LogP contribution in [-0.4, -0.2) is 12.7 Å². The molecule has 4 aliphatic carbocycles. The Labute approximate surface area is 225 Å². The van der Waals surface area contributed by atoms with E-state index in [1.807, 2.05) is 0 Å². The molecule has 4 saturated carbocycles. The normalized spacial score (nSPS) is 42.3. The lowest BCUT2D eigenvalue weighted by molar-refractivity contribution is -0.137. The van der Waals surface area contributed by atoms with Crippen molar-refractivity contribution in [2.24, 2.45) is 53.3 Å². The van der Waals surface area contributed by atoms with Gasteiger partial charge in [0.05, 0.1) is 12.7 Å². The van der Waals surface area contributed by atoms with E-state index in [4.69, 9.17) is 4.74 Å². The first-order valence-corrected chi connectivity index (χ1v) is 17.4. The Bertz CT molecular complexity index is 628. The molecule has 5 rings (SSSR count). The van der Waals surface area contributed by atoms with Crippen molar-refractivity contribution in [2.45, 2.75) is 161 Å². The quantitative estimate of drug-likeness (QED) is 0.302. The molecular formula is C35H62O. The van der Waals surface area contributed by atoms with Crippen LogP contribution in [0.4, 0.5) is 0 Å². The van der Waals surface area contributed by atoms with Gasteiger partial charge in [0.2, 0.25) is 0 Å². The highest BCUT2D eigenvalue weighted by Crippen LogP contribution is 2.58. The molecule has 0 N–H and O–H groups in total. The highest BCUT2D eigenvalue weighted by molar-refractivity contribution is 5.01. The lowest BCUT2D eigenvalue weighted by Crippen LogP contribution is -2.52. The second-order valence-corrected chi connectivity index (χ2v) is 14.4. The zero-order chi connectivity index (χ0) is 24.7. The second-order valence-electron chi connectivity index (χ2n) is 14.4. The Balaban J connectivity index is 1.36. The van der Waals surface area contributed by atoms with Crippen LogP contribution in [-0.2, 0) is 4.74 Å². The third kappa shape index (κ3) is 6.39. The van der Waals surface area contributed by atoms with Gasteiger partial charge in [0.25, 0.3) is 0 Å². The van der Waals surface area contributed by atoms with E-state index in [0.717, 1.165) is 59.9 Å². The summed E-state index contributed by atoms with van der Waals surface area (Å²) in [5, 5.41) is 0. The Morgan fingerprint density at radius 2 is 1.22 bits per heavy atom. The molecule has 1 nitrogen and oxygen atoms in total. The minimum Gasteiger partial charge on any atom is -0.378 e. The van der Waals surface area contributed by atoms with E-state index >= 15 is 0 Å². The average Bonchev–Trinajstić information content (AvgIpc) is 2.92. The summed E-state index contributed by atoms with van der Waals surface area (Å²) in [6, 6.07) is 0. The van der Waals surface area contributed by atoms with Crippen molar-refractivity contribution >= 4 is 0 Å². The number of hydrogen-bond acceptors (Lipinski definition) is 1. The SMILES string of the molecule is CCCCCCC(CCC)C1CCCC2CCC3CCCCC3C2C2C(CCC3CCCCC32)OC1. The summed E-state index contributed by atoms with van der Waals surface area (Å²) < 4.78 is 7.27. The van der Waals surface area contributed by atoms with Gasteiger partial charge in [0, 0.05) is 0 Å². The third-order valence-corrected chi connectivity index (χ3v) is 12.5. The Hall–Kier alpha value is -0.0400. The van der Waals surface area contributed by atoms with Crippen LogP contribution in [0.1, 0.15) is 155 Å². The molecule has 208 valence electrons. The molecule has 10 unspecified atom stereocenters. The molecule has 0 spiro atoms. The fraction of sp³-hybridized carbons (Fsp3) is 1.00. The van der Waals surface area contributed by atoms with Crippen LogP contribution >= 0.6 is 0 Å². The molecule has 1 heterocycles. The minimum absolute atomic E-state index is 0.598. The van der Waals surface area contributed by atoms with Crippen LogP contribution in [0.5, 0.6) is 0 Å². The van der Waals surface area contributed by atoms with Gasteiger partial charge in [-0.05, 0) is 98.2 Å². The smallest absolute Gasteiger partial charge is 0.0609 e. The van der Waals surface area contributed by atoms with Gasteiger partial charge in [-0.3, -0.25) is 0 Å². The molecule has 1 heteroatoms. The number of ether oxygens (including phenoxy) is 1. The van der Waals surface area contributed by atoms with E-state index in [1.165, 1.54) is 103 Å². The standard InChI is InChI=1S/C35H62O/c1-3-5-6-7-14-26(13-4-2)30-18-12-17-29-22-21-27-15-8-10-19-31(27)34(29)35-32-20-11-9-16-28(32)23-24-33(35)36-25-30/h26-35H,3-25H2,1-2H3. The zero-order valence-electron chi connectivity index (χ0n) is 24.4. The number of unbranched alkanes of at least 4 members (excludes halogenated alkanes) is 3. The number of rotatable bonds is 8. The van der Waals surface area contributed by atoms with Crippen LogP contribution in [0.2, 0.25) is 0 Å². The molecule has 0 amide bonds. The van der Waals surface area contributed by atoms with E-state index in [1.54, 1.807) is 38.5 Å². The summed E-state index contributed by atoms with van der Waals surface area (Å²) in [5.41, 5.74) is 0. The molecule has 0 aromatic carbocycles. The van der Waals surface area contributed by atoms with Crippen molar-refractivity contribution in [3.05, 3.63) is 0 Å². The molecule has 10 atom stereocenters. The second kappa shape index (κ2) is 13.8. The van der Waals surface area contributed by atoms with Crippen molar-refractivity contribution in [3.8, 4) is 0 Å². The van der Waals surface area contributed by atoms with Gasteiger partial charge in [0.15, 0.2) is 0 Å². The van der Waals surface area contributed by atoms with Crippen LogP contribution in [0.15, 0.2) is 0 Å². The highest BCUT2D eigenvalue weighted by Gasteiger charge is 2.52. The summed E-state index contributed by atoms with van der Waals surface area (Å²) in [7, 11) is 0. The zero-order valence-corrected chi connectivity index (χ0v) is 24.4. The molecule has 1 aliphatic heterocycles. The average molecular weight is 499 g/mol. The predicted molar refractivity (Wildman–Crippen MR) is 154 cm³/mol. The molecule has 5 aliphatic rings. The van der Waals surface area contributed by atoms with Gasteiger partial charge >= 0.3 is 0 Å². The Kier molecular flexibility index (Phi) is 10.6. The molecular weight excluding hydrogens is 436 g/mol. The van der Waals surface area contributed by atoms with E-state index in [2.05, 4.69) is 13.8 Å². The number of hydrogen-bond donors (Lipinski definition) is 0. The summed E-state index contributed by atoms with van der Waals surface area (Å²) in [5.74, 6) is 8.86. The fourth-order valence-corrected chi connectivity index (χ4v) is 10.8. The van der Waals surface area contributed by atoms with E-state index in [-0.39, 0.29) is 0 Å². The van der Waals surface area contributed by atoms with E-state index in [9.17, 15) is 0 Å². The lowest BCUT2D eigenvalue weighted by atomic mass is 9.50. The van der Waals surface area contributed by atoms with Crippen molar-refractivity contribution < 1.29 is 4.74 Å². The summed E-state index contributed by atoms with van der Waals surface area (Å²) in [4.78, 5) is 0. The largest absolute Gasteiger partial charge is 0.378 e. The van der Waals surface area contributed by atoms with Crippen LogP contribution in [0.25, 0.3) is 0 Å². The maximum Gasteiger partial charge on any atom is 0.0609 e. The van der Waals surface area contributed by atoms with Gasteiger partial charge in [-0.1, -0.05) is 110 Å². The molecule has 0 aromatic heterocycles. The molecule has 5 fully saturated rings. The van der Waals surface area contributed by atoms with E-state index in [0.29, 0.717) is 6.10 Å². The molecule has 36 heavy (non-hydrogen) atoms. The van der Waals surface area contributed by atoms with Gasteiger partial charge in [0.1, 0.15) is 0 Å². The van der Waals surface area contributed by atoms with Crippen molar-refractivity contribution in [2.75, 3.05) is 6.61 Å².